The average molecular weight is 417 g/mol. The Morgan fingerprint density at radius 3 is 2.35 bits per heavy atom. The Balaban J connectivity index is 1.58. The zero-order valence-corrected chi connectivity index (χ0v) is 18.0. The molecule has 6 nitrogen and oxygen atoms in total. The smallest absolute Gasteiger partial charge is 0.254 e. The van der Waals surface area contributed by atoms with Crippen LogP contribution in [0.15, 0.2) is 66.9 Å². The quantitative estimate of drug-likeness (QED) is 0.641. The summed E-state index contributed by atoms with van der Waals surface area (Å²) in [6.07, 6.45) is 5.78. The van der Waals surface area contributed by atoms with Gasteiger partial charge in [0.25, 0.3) is 5.91 Å². The molecule has 0 atom stereocenters. The molecule has 0 aliphatic heterocycles. The summed E-state index contributed by atoms with van der Waals surface area (Å²) >= 11 is 0. The number of hydrogen-bond donors (Lipinski definition) is 1. The van der Waals surface area contributed by atoms with Gasteiger partial charge in [-0.05, 0) is 76.2 Å². The zero-order chi connectivity index (χ0) is 21.8. The van der Waals surface area contributed by atoms with E-state index in [1.165, 1.54) is 0 Å². The standard InChI is InChI=1S/C25H28N4O2/c1-29(2)25(22-10-6-7-17-27-22)15-13-18(14-16-25)21-12-11-20(23(26)30)24(28-21)31-19-8-4-3-5-9-19/h3-12,17-18H,13-16H2,1-2H3,(H2,26,30). The molecule has 2 N–H and O–H groups in total. The van der Waals surface area contributed by atoms with Crippen molar-refractivity contribution in [3.05, 3.63) is 83.8 Å². The number of hydrogen-bond acceptors (Lipinski definition) is 5. The molecule has 2 heterocycles. The highest BCUT2D eigenvalue weighted by Crippen LogP contribution is 2.45. The Bertz CT molecular complexity index is 1030. The van der Waals surface area contributed by atoms with E-state index in [9.17, 15) is 4.79 Å². The maximum atomic E-state index is 11.9. The van der Waals surface area contributed by atoms with Crippen molar-refractivity contribution in [3.63, 3.8) is 0 Å². The van der Waals surface area contributed by atoms with Crippen LogP contribution in [0.25, 0.3) is 0 Å². The van der Waals surface area contributed by atoms with E-state index in [2.05, 4.69) is 36.1 Å². The number of amides is 1. The van der Waals surface area contributed by atoms with Crippen molar-refractivity contribution in [2.24, 2.45) is 5.73 Å². The Morgan fingerprint density at radius 2 is 1.74 bits per heavy atom. The van der Waals surface area contributed by atoms with Gasteiger partial charge in [-0.15, -0.1) is 0 Å². The molecule has 0 saturated heterocycles. The van der Waals surface area contributed by atoms with Gasteiger partial charge in [0.15, 0.2) is 0 Å². The number of carbonyl (C=O) groups excluding carboxylic acids is 1. The van der Waals surface area contributed by atoms with E-state index in [-0.39, 0.29) is 17.3 Å². The van der Waals surface area contributed by atoms with Crippen LogP contribution in [0.1, 0.15) is 53.3 Å². The fourth-order valence-corrected chi connectivity index (χ4v) is 4.51. The highest BCUT2D eigenvalue weighted by atomic mass is 16.5. The summed E-state index contributed by atoms with van der Waals surface area (Å²) in [5, 5.41) is 0. The molecule has 1 amide bonds. The predicted molar refractivity (Wildman–Crippen MR) is 120 cm³/mol. The normalized spacial score (nSPS) is 21.1. The number of rotatable bonds is 6. The van der Waals surface area contributed by atoms with Crippen molar-refractivity contribution < 1.29 is 9.53 Å². The first-order chi connectivity index (χ1) is 15.0. The summed E-state index contributed by atoms with van der Waals surface area (Å²) in [4.78, 5) is 23.6. The maximum Gasteiger partial charge on any atom is 0.254 e. The molecule has 0 bridgehead atoms. The average Bonchev–Trinajstić information content (AvgIpc) is 2.80. The third-order valence-electron chi connectivity index (χ3n) is 6.33. The number of nitrogens with two attached hydrogens (primary N) is 1. The highest BCUT2D eigenvalue weighted by molar-refractivity contribution is 5.95. The van der Waals surface area contributed by atoms with Gasteiger partial charge >= 0.3 is 0 Å². The molecule has 4 rings (SSSR count). The van der Waals surface area contributed by atoms with Crippen LogP contribution in [0.5, 0.6) is 11.6 Å². The lowest BCUT2D eigenvalue weighted by Gasteiger charge is -2.44. The molecule has 0 unspecified atom stereocenters. The van der Waals surface area contributed by atoms with Crippen LogP contribution < -0.4 is 10.5 Å². The van der Waals surface area contributed by atoms with Crippen molar-refractivity contribution in [1.29, 1.82) is 0 Å². The van der Waals surface area contributed by atoms with Crippen molar-refractivity contribution in [2.75, 3.05) is 14.1 Å². The third-order valence-corrected chi connectivity index (χ3v) is 6.33. The minimum absolute atomic E-state index is 0.0751. The molecular formula is C25H28N4O2. The Hall–Kier alpha value is -3.25. The first-order valence-electron chi connectivity index (χ1n) is 10.6. The number of para-hydroxylation sites is 1. The Kier molecular flexibility index (Phi) is 6.00. The van der Waals surface area contributed by atoms with Crippen LogP contribution in [0.2, 0.25) is 0 Å². The predicted octanol–water partition coefficient (Wildman–Crippen LogP) is 4.48. The van der Waals surface area contributed by atoms with E-state index >= 15 is 0 Å². The molecule has 0 radical (unpaired) electrons. The largest absolute Gasteiger partial charge is 0.438 e. The van der Waals surface area contributed by atoms with Gasteiger partial charge in [-0.3, -0.25) is 14.7 Å². The van der Waals surface area contributed by atoms with Crippen molar-refractivity contribution in [1.82, 2.24) is 14.9 Å². The molecule has 1 aliphatic carbocycles. The van der Waals surface area contributed by atoms with Crippen LogP contribution in [0.3, 0.4) is 0 Å². The van der Waals surface area contributed by atoms with E-state index in [1.54, 1.807) is 6.07 Å². The SMILES string of the molecule is CN(C)C1(c2ccccn2)CCC(c2ccc(C(N)=O)c(Oc3ccccc3)n2)CC1. The van der Waals surface area contributed by atoms with Crippen molar-refractivity contribution in [2.45, 2.75) is 37.1 Å². The molecule has 1 aromatic carbocycles. The van der Waals surface area contributed by atoms with Crippen LogP contribution in [-0.2, 0) is 5.54 Å². The number of ether oxygens (including phenoxy) is 1. The second-order valence-corrected chi connectivity index (χ2v) is 8.28. The summed E-state index contributed by atoms with van der Waals surface area (Å²) in [7, 11) is 4.25. The van der Waals surface area contributed by atoms with E-state index in [4.69, 9.17) is 15.5 Å². The second kappa shape index (κ2) is 8.86. The van der Waals surface area contributed by atoms with Crippen LogP contribution >= 0.6 is 0 Å². The molecule has 31 heavy (non-hydrogen) atoms. The van der Waals surface area contributed by atoms with Gasteiger partial charge < -0.3 is 10.5 Å². The van der Waals surface area contributed by atoms with Gasteiger partial charge in [0.05, 0.1) is 11.2 Å². The highest BCUT2D eigenvalue weighted by Gasteiger charge is 2.40. The van der Waals surface area contributed by atoms with E-state index < -0.39 is 5.91 Å². The number of pyridine rings is 2. The molecule has 1 aliphatic rings. The Morgan fingerprint density at radius 1 is 1.03 bits per heavy atom. The number of benzene rings is 1. The van der Waals surface area contributed by atoms with E-state index in [0.29, 0.717) is 11.3 Å². The van der Waals surface area contributed by atoms with Crippen molar-refractivity contribution in [3.8, 4) is 11.6 Å². The summed E-state index contributed by atoms with van der Waals surface area (Å²) in [5.41, 5.74) is 7.82. The molecule has 160 valence electrons. The van der Waals surface area contributed by atoms with Crippen LogP contribution in [-0.4, -0.2) is 34.9 Å². The first-order valence-corrected chi connectivity index (χ1v) is 10.6. The summed E-state index contributed by atoms with van der Waals surface area (Å²) in [6, 6.07) is 19.1. The van der Waals surface area contributed by atoms with Gasteiger partial charge in [0.1, 0.15) is 11.3 Å². The van der Waals surface area contributed by atoms with Gasteiger partial charge in [0.2, 0.25) is 5.88 Å². The fourth-order valence-electron chi connectivity index (χ4n) is 4.51. The molecular weight excluding hydrogens is 388 g/mol. The summed E-state index contributed by atoms with van der Waals surface area (Å²) in [5.74, 6) is 0.637. The molecule has 3 aromatic rings. The van der Waals surface area contributed by atoms with E-state index in [1.807, 2.05) is 48.7 Å². The maximum absolute atomic E-state index is 11.9. The van der Waals surface area contributed by atoms with Gasteiger partial charge in [-0.25, -0.2) is 4.98 Å². The lowest BCUT2D eigenvalue weighted by molar-refractivity contribution is 0.0858. The lowest BCUT2D eigenvalue weighted by Crippen LogP contribution is -2.44. The molecule has 1 saturated carbocycles. The second-order valence-electron chi connectivity index (χ2n) is 8.28. The lowest BCUT2D eigenvalue weighted by atomic mass is 9.72. The van der Waals surface area contributed by atoms with Crippen molar-refractivity contribution >= 4 is 5.91 Å². The first kappa shape index (κ1) is 21.0. The zero-order valence-electron chi connectivity index (χ0n) is 18.0. The summed E-state index contributed by atoms with van der Waals surface area (Å²) < 4.78 is 5.92. The van der Waals surface area contributed by atoms with Crippen LogP contribution in [0.4, 0.5) is 0 Å². The number of aromatic nitrogens is 2. The third kappa shape index (κ3) is 4.30. The topological polar surface area (TPSA) is 81.3 Å². The molecule has 0 spiro atoms. The molecule has 1 fully saturated rings. The number of nitrogens with zero attached hydrogens (tertiary/aromatic N) is 3. The molecule has 6 heteroatoms. The van der Waals surface area contributed by atoms with E-state index in [0.717, 1.165) is 37.1 Å². The molecule has 2 aromatic heterocycles. The minimum Gasteiger partial charge on any atom is -0.438 e. The monoisotopic (exact) mass is 416 g/mol. The number of primary amides is 1. The summed E-state index contributed by atoms with van der Waals surface area (Å²) in [6.45, 7) is 0. The van der Waals surface area contributed by atoms with Gasteiger partial charge in [-0.1, -0.05) is 24.3 Å². The van der Waals surface area contributed by atoms with Gasteiger partial charge in [-0.2, -0.15) is 0 Å². The Labute approximate surface area is 183 Å². The number of carbonyl (C=O) groups is 1. The van der Waals surface area contributed by atoms with Crippen LogP contribution in [0, 0.1) is 0 Å². The minimum atomic E-state index is -0.546. The fraction of sp³-hybridized carbons (Fsp3) is 0.320. The van der Waals surface area contributed by atoms with Gasteiger partial charge in [0, 0.05) is 17.8 Å².